The van der Waals surface area contributed by atoms with E-state index >= 15 is 0 Å². The summed E-state index contributed by atoms with van der Waals surface area (Å²) in [5.41, 5.74) is 2.43. The molecule has 0 aliphatic carbocycles. The van der Waals surface area contributed by atoms with E-state index in [2.05, 4.69) is 52.0 Å². The van der Waals surface area contributed by atoms with Gasteiger partial charge in [-0.2, -0.15) is 0 Å². The van der Waals surface area contributed by atoms with Crippen molar-refractivity contribution < 1.29 is 14.3 Å². The van der Waals surface area contributed by atoms with Crippen molar-refractivity contribution >= 4 is 23.6 Å². The number of ether oxygens (including phenoxy) is 1. The first-order valence-electron chi connectivity index (χ1n) is 10.5. The Balaban J connectivity index is 2.23. The van der Waals surface area contributed by atoms with Crippen LogP contribution in [0.25, 0.3) is 0 Å². The lowest BCUT2D eigenvalue weighted by atomic mass is 9.86. The van der Waals surface area contributed by atoms with Gasteiger partial charge in [0.1, 0.15) is 11.4 Å². The van der Waals surface area contributed by atoms with Crippen LogP contribution in [0.3, 0.4) is 0 Å². The summed E-state index contributed by atoms with van der Waals surface area (Å²) in [5.74, 6) is 0.377. The quantitative estimate of drug-likeness (QED) is 0.425. The van der Waals surface area contributed by atoms with Gasteiger partial charge in [-0.1, -0.05) is 71.7 Å². The maximum absolute atomic E-state index is 13.0. The Bertz CT molecular complexity index is 651. The molecule has 1 fully saturated rings. The molecule has 2 atom stereocenters. The minimum Gasteiger partial charge on any atom is -0.464 e. The van der Waals surface area contributed by atoms with Gasteiger partial charge in [0.05, 0.1) is 6.61 Å². The van der Waals surface area contributed by atoms with Crippen molar-refractivity contribution in [1.29, 1.82) is 0 Å². The molecule has 0 spiro atoms. The average molecular weight is 406 g/mol. The number of rotatable bonds is 8. The molecule has 0 unspecified atom stereocenters. The van der Waals surface area contributed by atoms with E-state index in [1.165, 1.54) is 5.56 Å². The summed E-state index contributed by atoms with van der Waals surface area (Å²) in [7, 11) is 0. The molecule has 1 aromatic rings. The van der Waals surface area contributed by atoms with E-state index in [0.717, 1.165) is 31.2 Å². The van der Waals surface area contributed by atoms with Crippen LogP contribution in [0.15, 0.2) is 24.3 Å². The largest absolute Gasteiger partial charge is 0.464 e. The van der Waals surface area contributed by atoms with E-state index in [-0.39, 0.29) is 22.7 Å². The van der Waals surface area contributed by atoms with Gasteiger partial charge in [-0.3, -0.25) is 4.79 Å². The fraction of sp³-hybridized carbons (Fsp3) is 0.652. The maximum Gasteiger partial charge on any atom is 0.329 e. The molecule has 0 radical (unpaired) electrons. The standard InChI is InChI=1S/C23H35NO3S/c1-6-8-9-10-20(25)24-19(22(26)27-15-7-2)16-28-21(24)17-11-13-18(14-12-17)23(3,4)5/h11-14,19,21H,6-10,15-16H2,1-5H3/t19-,21+/m1/s1. The van der Waals surface area contributed by atoms with Gasteiger partial charge >= 0.3 is 5.97 Å². The van der Waals surface area contributed by atoms with Crippen LogP contribution in [0.2, 0.25) is 0 Å². The predicted molar refractivity (Wildman–Crippen MR) is 116 cm³/mol. The summed E-state index contributed by atoms with van der Waals surface area (Å²) < 4.78 is 5.38. The summed E-state index contributed by atoms with van der Waals surface area (Å²) in [6.07, 6.45) is 4.24. The topological polar surface area (TPSA) is 46.6 Å². The number of amides is 1. The second-order valence-electron chi connectivity index (χ2n) is 8.50. The van der Waals surface area contributed by atoms with Crippen LogP contribution in [0.1, 0.15) is 83.2 Å². The molecule has 0 aromatic heterocycles. The highest BCUT2D eigenvalue weighted by molar-refractivity contribution is 7.99. The van der Waals surface area contributed by atoms with Crippen molar-refractivity contribution in [3.05, 3.63) is 35.4 Å². The molecule has 5 heteroatoms. The van der Waals surface area contributed by atoms with Crippen molar-refractivity contribution in [3.8, 4) is 0 Å². The summed E-state index contributed by atoms with van der Waals surface area (Å²) in [6.45, 7) is 11.1. The van der Waals surface area contributed by atoms with E-state index in [9.17, 15) is 9.59 Å². The zero-order valence-electron chi connectivity index (χ0n) is 18.0. The molecule has 1 aliphatic rings. The fourth-order valence-corrected chi connectivity index (χ4v) is 4.79. The van der Waals surface area contributed by atoms with Gasteiger partial charge < -0.3 is 9.64 Å². The number of hydrogen-bond donors (Lipinski definition) is 0. The molecule has 1 amide bonds. The zero-order valence-corrected chi connectivity index (χ0v) is 18.8. The number of carbonyl (C=O) groups excluding carboxylic acids is 2. The smallest absolute Gasteiger partial charge is 0.329 e. The molecule has 0 N–H and O–H groups in total. The lowest BCUT2D eigenvalue weighted by Gasteiger charge is -2.29. The Labute approximate surface area is 174 Å². The molecular weight excluding hydrogens is 370 g/mol. The normalized spacial score (nSPS) is 19.7. The number of esters is 1. The molecular formula is C23H35NO3S. The van der Waals surface area contributed by atoms with Crippen molar-refractivity contribution in [1.82, 2.24) is 4.90 Å². The summed E-state index contributed by atoms with van der Waals surface area (Å²) in [4.78, 5) is 27.4. The molecule has 156 valence electrons. The Hall–Kier alpha value is -1.49. The monoisotopic (exact) mass is 405 g/mol. The molecule has 0 saturated carbocycles. The number of nitrogens with zero attached hydrogens (tertiary/aromatic N) is 1. The van der Waals surface area contributed by atoms with E-state index in [1.807, 2.05) is 6.92 Å². The summed E-state index contributed by atoms with van der Waals surface area (Å²) >= 11 is 1.66. The Kier molecular flexibility index (Phi) is 8.41. The molecule has 1 aromatic carbocycles. The van der Waals surface area contributed by atoms with Crippen LogP contribution in [0, 0.1) is 0 Å². The first-order chi connectivity index (χ1) is 13.3. The van der Waals surface area contributed by atoms with E-state index in [0.29, 0.717) is 18.8 Å². The first-order valence-corrected chi connectivity index (χ1v) is 11.5. The molecule has 0 bridgehead atoms. The van der Waals surface area contributed by atoms with Crippen molar-refractivity contribution in [3.63, 3.8) is 0 Å². The highest BCUT2D eigenvalue weighted by atomic mass is 32.2. The first kappa shape index (κ1) is 22.8. The van der Waals surface area contributed by atoms with E-state index in [4.69, 9.17) is 4.74 Å². The molecule has 1 saturated heterocycles. The zero-order chi connectivity index (χ0) is 20.7. The number of benzene rings is 1. The van der Waals surface area contributed by atoms with E-state index < -0.39 is 6.04 Å². The lowest BCUT2D eigenvalue weighted by Crippen LogP contribution is -2.43. The van der Waals surface area contributed by atoms with Gasteiger partial charge in [0.2, 0.25) is 5.91 Å². The number of carbonyl (C=O) groups is 2. The number of unbranched alkanes of at least 4 members (excludes halogenated alkanes) is 2. The minimum atomic E-state index is -0.488. The Morgan fingerprint density at radius 1 is 1.11 bits per heavy atom. The highest BCUT2D eigenvalue weighted by Gasteiger charge is 2.42. The average Bonchev–Trinajstić information content (AvgIpc) is 3.11. The van der Waals surface area contributed by atoms with Crippen molar-refractivity contribution in [2.24, 2.45) is 0 Å². The number of hydrogen-bond acceptors (Lipinski definition) is 4. The van der Waals surface area contributed by atoms with Gasteiger partial charge in [0, 0.05) is 12.2 Å². The van der Waals surface area contributed by atoms with Gasteiger partial charge in [0.25, 0.3) is 0 Å². The van der Waals surface area contributed by atoms with Crippen LogP contribution in [0.5, 0.6) is 0 Å². The molecule has 2 rings (SSSR count). The molecule has 28 heavy (non-hydrogen) atoms. The highest BCUT2D eigenvalue weighted by Crippen LogP contribution is 2.42. The Morgan fingerprint density at radius 2 is 1.79 bits per heavy atom. The second-order valence-corrected chi connectivity index (χ2v) is 9.61. The summed E-state index contributed by atoms with van der Waals surface area (Å²) in [5, 5.41) is -0.123. The SMILES string of the molecule is CCCCCC(=O)N1[C@@H](C(=O)OCCC)CS[C@H]1c1ccc(C(C)(C)C)cc1. The van der Waals surface area contributed by atoms with Crippen LogP contribution in [0.4, 0.5) is 0 Å². The van der Waals surface area contributed by atoms with Crippen LogP contribution in [-0.2, 0) is 19.7 Å². The van der Waals surface area contributed by atoms with E-state index in [1.54, 1.807) is 16.7 Å². The third-order valence-corrected chi connectivity index (χ3v) is 6.39. The Morgan fingerprint density at radius 3 is 2.36 bits per heavy atom. The molecule has 4 nitrogen and oxygen atoms in total. The van der Waals surface area contributed by atoms with Gasteiger partial charge in [0.15, 0.2) is 0 Å². The van der Waals surface area contributed by atoms with Crippen LogP contribution in [-0.4, -0.2) is 35.2 Å². The van der Waals surface area contributed by atoms with Gasteiger partial charge in [-0.25, -0.2) is 4.79 Å². The van der Waals surface area contributed by atoms with Crippen LogP contribution < -0.4 is 0 Å². The predicted octanol–water partition coefficient (Wildman–Crippen LogP) is 5.46. The van der Waals surface area contributed by atoms with Gasteiger partial charge in [-0.15, -0.1) is 11.8 Å². The summed E-state index contributed by atoms with van der Waals surface area (Å²) in [6, 6.07) is 7.99. The van der Waals surface area contributed by atoms with Crippen molar-refractivity contribution in [2.75, 3.05) is 12.4 Å². The fourth-order valence-electron chi connectivity index (χ4n) is 3.35. The number of thioether (sulfide) groups is 1. The second kappa shape index (κ2) is 10.3. The molecule has 1 aliphatic heterocycles. The lowest BCUT2D eigenvalue weighted by molar-refractivity contribution is -0.154. The van der Waals surface area contributed by atoms with Crippen LogP contribution >= 0.6 is 11.8 Å². The van der Waals surface area contributed by atoms with Crippen molar-refractivity contribution in [2.45, 2.75) is 83.6 Å². The third kappa shape index (κ3) is 5.76. The molecule has 1 heterocycles. The maximum atomic E-state index is 13.0. The minimum absolute atomic E-state index is 0.0572. The third-order valence-electron chi connectivity index (χ3n) is 5.06. The van der Waals surface area contributed by atoms with Gasteiger partial charge in [-0.05, 0) is 29.4 Å².